The number of ether oxygens (including phenoxy) is 3. The van der Waals surface area contributed by atoms with Gasteiger partial charge in [0.25, 0.3) is 0 Å². The fourth-order valence-electron chi connectivity index (χ4n) is 7.12. The van der Waals surface area contributed by atoms with E-state index in [1.165, 1.54) is 57.9 Å². The number of fused-ring (bicyclic) bond motifs is 4. The third-order valence-corrected chi connectivity index (χ3v) is 8.49. The van der Waals surface area contributed by atoms with Crippen molar-refractivity contribution in [3.05, 3.63) is 0 Å². The average Bonchev–Trinajstić information content (AvgIpc) is 3.01. The number of hydrogen-bond donors (Lipinski definition) is 0. The molecule has 5 nitrogen and oxygen atoms in total. The van der Waals surface area contributed by atoms with Crippen LogP contribution in [0.1, 0.15) is 78.6 Å². The highest BCUT2D eigenvalue weighted by atomic mass is 16.5. The molecule has 0 N–H and O–H groups in total. The molecular formula is C24H42N2O3. The van der Waals surface area contributed by atoms with Gasteiger partial charge in [0.15, 0.2) is 0 Å². The second-order valence-corrected chi connectivity index (χ2v) is 10.9. The Morgan fingerprint density at radius 2 is 1.41 bits per heavy atom. The summed E-state index contributed by atoms with van der Waals surface area (Å²) in [6.45, 7) is 10.7. The molecule has 4 atom stereocenters. The van der Waals surface area contributed by atoms with E-state index in [1.807, 2.05) is 0 Å². The quantitative estimate of drug-likeness (QED) is 0.615. The standard InChI is InChI=1S/C24H42N2O3/c1-4-28-22-11-17-5-6-18(12-22)25(17)10-9-24(2,3)29-23-13-19-7-8-20(14-23)26(19)21-15-27-16-21/h17-23H,4-16H2,1-3H3. The smallest absolute Gasteiger partial charge is 0.0645 e. The molecule has 5 aliphatic heterocycles. The van der Waals surface area contributed by atoms with E-state index in [1.54, 1.807) is 0 Å². The van der Waals surface area contributed by atoms with Gasteiger partial charge in [-0.3, -0.25) is 9.80 Å². The molecule has 5 rings (SSSR count). The van der Waals surface area contributed by atoms with Gasteiger partial charge >= 0.3 is 0 Å². The van der Waals surface area contributed by atoms with E-state index < -0.39 is 0 Å². The van der Waals surface area contributed by atoms with Crippen molar-refractivity contribution in [2.75, 3.05) is 26.4 Å². The van der Waals surface area contributed by atoms with Crippen molar-refractivity contribution in [1.29, 1.82) is 0 Å². The van der Waals surface area contributed by atoms with Gasteiger partial charge in [-0.05, 0) is 78.6 Å². The predicted molar refractivity (Wildman–Crippen MR) is 114 cm³/mol. The van der Waals surface area contributed by atoms with Crippen LogP contribution < -0.4 is 0 Å². The molecule has 5 saturated heterocycles. The summed E-state index contributed by atoms with van der Waals surface area (Å²) in [4.78, 5) is 5.58. The van der Waals surface area contributed by atoms with E-state index in [0.29, 0.717) is 18.2 Å². The zero-order valence-electron chi connectivity index (χ0n) is 18.9. The first-order valence-electron chi connectivity index (χ1n) is 12.4. The van der Waals surface area contributed by atoms with Gasteiger partial charge in [0.05, 0.1) is 37.1 Å². The summed E-state index contributed by atoms with van der Waals surface area (Å²) in [7, 11) is 0. The number of piperidine rings is 2. The van der Waals surface area contributed by atoms with Crippen molar-refractivity contribution in [2.24, 2.45) is 0 Å². The first kappa shape index (κ1) is 20.7. The molecule has 4 unspecified atom stereocenters. The summed E-state index contributed by atoms with van der Waals surface area (Å²) in [6, 6.07) is 3.64. The Kier molecular flexibility index (Phi) is 5.98. The Labute approximate surface area is 177 Å². The molecule has 0 radical (unpaired) electrons. The van der Waals surface area contributed by atoms with Gasteiger partial charge in [-0.15, -0.1) is 0 Å². The molecule has 5 heterocycles. The van der Waals surface area contributed by atoms with E-state index in [9.17, 15) is 0 Å². The Morgan fingerprint density at radius 1 is 0.828 bits per heavy atom. The summed E-state index contributed by atoms with van der Waals surface area (Å²) < 4.78 is 18.2. The SMILES string of the molecule is CCOC1CC2CCC(C1)N2CCC(C)(C)OC1CC2CCC(C1)N2C1COC1. The minimum Gasteiger partial charge on any atom is -0.378 e. The van der Waals surface area contributed by atoms with Gasteiger partial charge in [0.1, 0.15) is 0 Å². The van der Waals surface area contributed by atoms with Gasteiger partial charge < -0.3 is 14.2 Å². The van der Waals surface area contributed by atoms with Crippen LogP contribution >= 0.6 is 0 Å². The third kappa shape index (κ3) is 4.27. The molecule has 0 saturated carbocycles. The average molecular weight is 407 g/mol. The molecule has 5 aliphatic rings. The van der Waals surface area contributed by atoms with E-state index in [2.05, 4.69) is 30.6 Å². The molecule has 0 amide bonds. The minimum absolute atomic E-state index is 0.0257. The largest absolute Gasteiger partial charge is 0.378 e. The molecule has 4 bridgehead atoms. The van der Waals surface area contributed by atoms with Crippen LogP contribution in [-0.2, 0) is 14.2 Å². The highest BCUT2D eigenvalue weighted by molar-refractivity contribution is 5.01. The molecule has 0 aromatic heterocycles. The van der Waals surface area contributed by atoms with Crippen LogP contribution in [0, 0.1) is 0 Å². The van der Waals surface area contributed by atoms with E-state index in [0.717, 1.165) is 50.4 Å². The molecule has 29 heavy (non-hydrogen) atoms. The summed E-state index contributed by atoms with van der Waals surface area (Å²) in [5.41, 5.74) is -0.0257. The number of rotatable bonds is 8. The van der Waals surface area contributed by atoms with Crippen molar-refractivity contribution in [1.82, 2.24) is 9.80 Å². The van der Waals surface area contributed by atoms with Crippen molar-refractivity contribution in [3.8, 4) is 0 Å². The predicted octanol–water partition coefficient (Wildman–Crippen LogP) is 3.60. The lowest BCUT2D eigenvalue weighted by Gasteiger charge is -2.47. The fraction of sp³-hybridized carbons (Fsp3) is 1.00. The van der Waals surface area contributed by atoms with E-state index in [-0.39, 0.29) is 5.60 Å². The minimum atomic E-state index is -0.0257. The van der Waals surface area contributed by atoms with Crippen molar-refractivity contribution >= 4 is 0 Å². The fourth-order valence-corrected chi connectivity index (χ4v) is 7.12. The molecule has 5 fully saturated rings. The maximum atomic E-state index is 6.77. The van der Waals surface area contributed by atoms with E-state index in [4.69, 9.17) is 14.2 Å². The summed E-state index contributed by atoms with van der Waals surface area (Å²) in [6.07, 6.45) is 12.5. The lowest BCUT2D eigenvalue weighted by molar-refractivity contribution is -0.142. The number of hydrogen-bond acceptors (Lipinski definition) is 5. The molecule has 166 valence electrons. The third-order valence-electron chi connectivity index (χ3n) is 8.49. The topological polar surface area (TPSA) is 34.2 Å². The lowest BCUT2D eigenvalue weighted by Crippen LogP contribution is -2.58. The van der Waals surface area contributed by atoms with Crippen LogP contribution in [0.5, 0.6) is 0 Å². The maximum absolute atomic E-state index is 6.77. The Balaban J connectivity index is 1.11. The zero-order chi connectivity index (χ0) is 20.0. The van der Waals surface area contributed by atoms with Crippen molar-refractivity contribution in [2.45, 2.75) is 127 Å². The highest BCUT2D eigenvalue weighted by Crippen LogP contribution is 2.41. The Bertz CT molecular complexity index is 538. The summed E-state index contributed by atoms with van der Waals surface area (Å²) in [5, 5.41) is 0. The second-order valence-electron chi connectivity index (χ2n) is 10.9. The van der Waals surface area contributed by atoms with Crippen LogP contribution in [0.2, 0.25) is 0 Å². The van der Waals surface area contributed by atoms with Gasteiger partial charge in [-0.1, -0.05) is 0 Å². The summed E-state index contributed by atoms with van der Waals surface area (Å²) in [5.74, 6) is 0. The van der Waals surface area contributed by atoms with E-state index >= 15 is 0 Å². The Morgan fingerprint density at radius 3 is 1.97 bits per heavy atom. The second kappa shape index (κ2) is 8.38. The number of nitrogens with zero attached hydrogens (tertiary/aromatic N) is 2. The van der Waals surface area contributed by atoms with Crippen LogP contribution in [-0.4, -0.2) is 84.2 Å². The van der Waals surface area contributed by atoms with Gasteiger partial charge in [0.2, 0.25) is 0 Å². The molecule has 0 aromatic carbocycles. The molecule has 0 aromatic rings. The zero-order valence-corrected chi connectivity index (χ0v) is 18.9. The molecule has 0 aliphatic carbocycles. The molecule has 0 spiro atoms. The lowest BCUT2D eigenvalue weighted by atomic mass is 9.94. The van der Waals surface area contributed by atoms with Crippen LogP contribution in [0.4, 0.5) is 0 Å². The summed E-state index contributed by atoms with van der Waals surface area (Å²) >= 11 is 0. The first-order valence-corrected chi connectivity index (χ1v) is 12.4. The first-order chi connectivity index (χ1) is 14.0. The van der Waals surface area contributed by atoms with Gasteiger partial charge in [-0.2, -0.15) is 0 Å². The van der Waals surface area contributed by atoms with Crippen LogP contribution in [0.3, 0.4) is 0 Å². The molecular weight excluding hydrogens is 364 g/mol. The van der Waals surface area contributed by atoms with Crippen molar-refractivity contribution in [3.63, 3.8) is 0 Å². The van der Waals surface area contributed by atoms with Crippen LogP contribution in [0.25, 0.3) is 0 Å². The van der Waals surface area contributed by atoms with Gasteiger partial charge in [-0.25, -0.2) is 0 Å². The Hall–Kier alpha value is -0.200. The normalized spacial score (nSPS) is 41.1. The van der Waals surface area contributed by atoms with Crippen LogP contribution in [0.15, 0.2) is 0 Å². The maximum Gasteiger partial charge on any atom is 0.0645 e. The highest BCUT2D eigenvalue weighted by Gasteiger charge is 2.47. The van der Waals surface area contributed by atoms with Crippen molar-refractivity contribution < 1.29 is 14.2 Å². The molecule has 5 heteroatoms. The monoisotopic (exact) mass is 406 g/mol. The van der Waals surface area contributed by atoms with Gasteiger partial charge in [0, 0.05) is 37.3 Å².